The summed E-state index contributed by atoms with van der Waals surface area (Å²) in [7, 11) is 0. The molecule has 4 rings (SSSR count). The molecule has 0 saturated carbocycles. The molecule has 1 fully saturated rings. The Kier molecular flexibility index (Phi) is 9.35. The van der Waals surface area contributed by atoms with Crippen LogP contribution in [0, 0.1) is 5.92 Å². The first-order chi connectivity index (χ1) is 17.9. The monoisotopic (exact) mass is 521 g/mol. The van der Waals surface area contributed by atoms with Crippen LogP contribution in [0.1, 0.15) is 48.8 Å². The maximum absolute atomic E-state index is 12.2. The maximum Gasteiger partial charge on any atom is 0.303 e. The zero-order chi connectivity index (χ0) is 26.2. The van der Waals surface area contributed by atoms with Gasteiger partial charge < -0.3 is 25.0 Å². The number of amides is 1. The van der Waals surface area contributed by atoms with Gasteiger partial charge in [0.25, 0.3) is 0 Å². The molecule has 3 N–H and O–H groups in total. The number of anilines is 1. The second-order valence-corrected chi connectivity index (χ2v) is 10.1. The number of carbonyl (C=O) groups is 2. The minimum Gasteiger partial charge on any atom is -0.481 e. The van der Waals surface area contributed by atoms with Crippen LogP contribution in [0.25, 0.3) is 0 Å². The van der Waals surface area contributed by atoms with Crippen LogP contribution in [0.4, 0.5) is 5.69 Å². The van der Waals surface area contributed by atoms with Crippen LogP contribution < -0.4 is 5.32 Å². The molecule has 1 heterocycles. The van der Waals surface area contributed by atoms with Crippen LogP contribution in [0.15, 0.2) is 83.8 Å². The number of rotatable bonds is 10. The van der Waals surface area contributed by atoms with E-state index in [2.05, 4.69) is 24.4 Å². The summed E-state index contributed by atoms with van der Waals surface area (Å²) in [4.78, 5) is 24.1. The molecule has 1 aliphatic heterocycles. The van der Waals surface area contributed by atoms with Crippen molar-refractivity contribution in [3.8, 4) is 0 Å². The molecule has 1 aliphatic rings. The highest BCUT2D eigenvalue weighted by atomic mass is 32.2. The number of aliphatic carboxylic acids is 1. The highest BCUT2D eigenvalue weighted by Crippen LogP contribution is 2.43. The lowest BCUT2D eigenvalue weighted by Crippen LogP contribution is -2.38. The Bertz CT molecular complexity index is 1190. The number of thioether (sulfide) groups is 1. The third kappa shape index (κ3) is 7.42. The first-order valence-electron chi connectivity index (χ1n) is 12.2. The predicted molar refractivity (Wildman–Crippen MR) is 142 cm³/mol. The normalized spacial score (nSPS) is 21.4. The van der Waals surface area contributed by atoms with Gasteiger partial charge in [-0.15, -0.1) is 11.8 Å². The lowest BCUT2D eigenvalue weighted by Gasteiger charge is -2.41. The van der Waals surface area contributed by atoms with E-state index in [9.17, 15) is 14.7 Å². The summed E-state index contributed by atoms with van der Waals surface area (Å²) in [5.41, 5.74) is 3.15. The molecule has 4 atom stereocenters. The zero-order valence-electron chi connectivity index (χ0n) is 20.6. The molecule has 3 aromatic carbocycles. The third-order valence-electron chi connectivity index (χ3n) is 6.29. The van der Waals surface area contributed by atoms with Crippen molar-refractivity contribution in [3.05, 3.63) is 95.6 Å². The van der Waals surface area contributed by atoms with Gasteiger partial charge in [-0.25, -0.2) is 0 Å². The highest BCUT2D eigenvalue weighted by molar-refractivity contribution is 7.99. The van der Waals surface area contributed by atoms with Gasteiger partial charge in [-0.2, -0.15) is 0 Å². The Morgan fingerprint density at radius 1 is 0.919 bits per heavy atom. The Hall–Kier alpha value is -3.17. The standard InChI is InChI=1S/C29H31NO6S/c1-19-25(18-37-24-8-3-2-4-9-24)35-29(36-28(19)21-12-10-20(17-31)11-13-21)22-6-5-7-23(16-22)30-26(32)14-15-27(33)34/h2-13,16,19,25,28-29,31H,14-15,17-18H2,1H3,(H,30,32)(H,33,34)/t19-,25+,28+,29+/m1/s1. The van der Waals surface area contributed by atoms with Crippen molar-refractivity contribution < 1.29 is 29.3 Å². The molecular formula is C29H31NO6S. The van der Waals surface area contributed by atoms with Gasteiger partial charge in [-0.05, 0) is 35.4 Å². The predicted octanol–water partition coefficient (Wildman–Crippen LogP) is 5.57. The number of ether oxygens (including phenoxy) is 2. The van der Waals surface area contributed by atoms with E-state index < -0.39 is 12.3 Å². The van der Waals surface area contributed by atoms with Gasteiger partial charge in [0, 0.05) is 34.2 Å². The fraction of sp³-hybridized carbons (Fsp3) is 0.310. The maximum atomic E-state index is 12.2. The SMILES string of the molecule is C[C@@H]1[C@H](CSc2ccccc2)O[C@H](c2cccc(NC(=O)CCC(=O)O)c2)O[C@@H]1c1ccc(CO)cc1. The average Bonchev–Trinajstić information content (AvgIpc) is 2.92. The van der Waals surface area contributed by atoms with Crippen LogP contribution in [-0.2, 0) is 25.7 Å². The van der Waals surface area contributed by atoms with Crippen molar-refractivity contribution in [2.75, 3.05) is 11.1 Å². The van der Waals surface area contributed by atoms with E-state index in [-0.39, 0.29) is 43.5 Å². The molecule has 7 nitrogen and oxygen atoms in total. The molecule has 8 heteroatoms. The summed E-state index contributed by atoms with van der Waals surface area (Å²) in [6.45, 7) is 2.10. The Balaban J connectivity index is 1.55. The molecule has 1 amide bonds. The molecule has 1 saturated heterocycles. The highest BCUT2D eigenvalue weighted by Gasteiger charge is 2.38. The lowest BCUT2D eigenvalue weighted by molar-refractivity contribution is -0.268. The third-order valence-corrected chi connectivity index (χ3v) is 7.39. The molecule has 0 spiro atoms. The Morgan fingerprint density at radius 2 is 1.68 bits per heavy atom. The fourth-order valence-electron chi connectivity index (χ4n) is 4.21. The minimum absolute atomic E-state index is 0.0194. The van der Waals surface area contributed by atoms with E-state index in [0.29, 0.717) is 5.69 Å². The molecule has 0 aromatic heterocycles. The number of carbonyl (C=O) groups excluding carboxylic acids is 1. The Morgan fingerprint density at radius 3 is 2.38 bits per heavy atom. The van der Waals surface area contributed by atoms with Crippen molar-refractivity contribution in [3.63, 3.8) is 0 Å². The second-order valence-electron chi connectivity index (χ2n) is 9.01. The molecule has 0 bridgehead atoms. The van der Waals surface area contributed by atoms with E-state index in [4.69, 9.17) is 14.6 Å². The summed E-state index contributed by atoms with van der Waals surface area (Å²) in [6, 6.07) is 25.2. The van der Waals surface area contributed by atoms with Crippen LogP contribution in [0.5, 0.6) is 0 Å². The zero-order valence-corrected chi connectivity index (χ0v) is 21.4. The Labute approximate surface area is 220 Å². The smallest absolute Gasteiger partial charge is 0.303 e. The minimum atomic E-state index is -1.01. The summed E-state index contributed by atoms with van der Waals surface area (Å²) in [5, 5.41) is 21.0. The van der Waals surface area contributed by atoms with Crippen LogP contribution in [0.3, 0.4) is 0 Å². The van der Waals surface area contributed by atoms with E-state index in [1.807, 2.05) is 54.6 Å². The number of hydrogen-bond acceptors (Lipinski definition) is 6. The summed E-state index contributed by atoms with van der Waals surface area (Å²) >= 11 is 1.73. The molecular weight excluding hydrogens is 490 g/mol. The van der Waals surface area contributed by atoms with E-state index >= 15 is 0 Å². The van der Waals surface area contributed by atoms with Gasteiger partial charge in [-0.3, -0.25) is 9.59 Å². The van der Waals surface area contributed by atoms with E-state index in [1.165, 1.54) is 0 Å². The molecule has 0 radical (unpaired) electrons. The van der Waals surface area contributed by atoms with Crippen molar-refractivity contribution in [1.82, 2.24) is 0 Å². The first kappa shape index (κ1) is 26.9. The number of benzene rings is 3. The summed E-state index contributed by atoms with van der Waals surface area (Å²) in [5.74, 6) is -0.578. The summed E-state index contributed by atoms with van der Waals surface area (Å²) in [6.07, 6.45) is -1.33. The van der Waals surface area contributed by atoms with Crippen molar-refractivity contribution in [2.24, 2.45) is 5.92 Å². The number of hydrogen-bond donors (Lipinski definition) is 3. The van der Waals surface area contributed by atoms with Crippen molar-refractivity contribution in [1.29, 1.82) is 0 Å². The number of carboxylic acids is 1. The van der Waals surface area contributed by atoms with Gasteiger partial charge >= 0.3 is 5.97 Å². The van der Waals surface area contributed by atoms with Gasteiger partial charge in [-0.1, -0.05) is 61.5 Å². The quantitative estimate of drug-likeness (QED) is 0.300. The number of aliphatic hydroxyl groups excluding tert-OH is 1. The lowest BCUT2D eigenvalue weighted by atomic mass is 9.91. The fourth-order valence-corrected chi connectivity index (χ4v) is 5.30. The van der Waals surface area contributed by atoms with Gasteiger partial charge in [0.15, 0.2) is 6.29 Å². The van der Waals surface area contributed by atoms with Crippen LogP contribution >= 0.6 is 11.8 Å². The molecule has 37 heavy (non-hydrogen) atoms. The largest absolute Gasteiger partial charge is 0.481 e. The van der Waals surface area contributed by atoms with Gasteiger partial charge in [0.05, 0.1) is 25.2 Å². The van der Waals surface area contributed by atoms with Crippen LogP contribution in [-0.4, -0.2) is 33.9 Å². The summed E-state index contributed by atoms with van der Waals surface area (Å²) < 4.78 is 12.9. The van der Waals surface area contributed by atoms with Crippen molar-refractivity contribution >= 4 is 29.3 Å². The topological polar surface area (TPSA) is 105 Å². The second kappa shape index (κ2) is 12.9. The van der Waals surface area contributed by atoms with Gasteiger partial charge in [0.1, 0.15) is 0 Å². The molecule has 194 valence electrons. The number of nitrogens with one attached hydrogen (secondary N) is 1. The molecule has 0 unspecified atom stereocenters. The first-order valence-corrected chi connectivity index (χ1v) is 13.2. The molecule has 3 aromatic rings. The van der Waals surface area contributed by atoms with E-state index in [1.54, 1.807) is 23.9 Å². The number of carboxylic acid groups (broad SMARTS) is 1. The van der Waals surface area contributed by atoms with Crippen LogP contribution in [0.2, 0.25) is 0 Å². The average molecular weight is 522 g/mol. The number of aliphatic hydroxyl groups is 1. The van der Waals surface area contributed by atoms with Gasteiger partial charge in [0.2, 0.25) is 5.91 Å². The van der Waals surface area contributed by atoms with E-state index in [0.717, 1.165) is 27.3 Å². The van der Waals surface area contributed by atoms with Crippen molar-refractivity contribution in [2.45, 2.75) is 49.8 Å². The molecule has 0 aliphatic carbocycles.